The van der Waals surface area contributed by atoms with Crippen LogP contribution in [0.1, 0.15) is 42.7 Å². The third kappa shape index (κ3) is 3.70. The van der Waals surface area contributed by atoms with E-state index in [1.165, 1.54) is 0 Å². The average Bonchev–Trinajstić information content (AvgIpc) is 2.82. The summed E-state index contributed by atoms with van der Waals surface area (Å²) in [6.45, 7) is 8.14. The molecule has 1 amide bonds. The lowest BCUT2D eigenvalue weighted by Gasteiger charge is -2.23. The highest BCUT2D eigenvalue weighted by atomic mass is 16.5. The van der Waals surface area contributed by atoms with Crippen LogP contribution in [-0.4, -0.2) is 36.2 Å². The molecule has 1 aliphatic rings. The molecule has 20 heavy (non-hydrogen) atoms. The van der Waals surface area contributed by atoms with Crippen molar-refractivity contribution in [3.05, 3.63) is 23.4 Å². The van der Waals surface area contributed by atoms with Crippen molar-refractivity contribution in [2.24, 2.45) is 0 Å². The van der Waals surface area contributed by atoms with E-state index in [1.807, 2.05) is 19.9 Å². The van der Waals surface area contributed by atoms with Crippen LogP contribution in [0.3, 0.4) is 0 Å². The molecule has 110 valence electrons. The van der Waals surface area contributed by atoms with Crippen molar-refractivity contribution in [3.63, 3.8) is 0 Å². The van der Waals surface area contributed by atoms with Gasteiger partial charge in [-0.1, -0.05) is 6.92 Å². The fraction of sp³-hybridized carbons (Fsp3) is 0.600. The number of carbonyl (C=O) groups excluding carboxylic acids is 1. The van der Waals surface area contributed by atoms with Gasteiger partial charge in [0.2, 0.25) is 0 Å². The molecule has 1 aliphatic heterocycles. The minimum atomic E-state index is -0.259. The molecule has 0 bridgehead atoms. The molecule has 1 aromatic heterocycles. The van der Waals surface area contributed by atoms with Gasteiger partial charge in [-0.05, 0) is 38.8 Å². The van der Waals surface area contributed by atoms with E-state index in [1.54, 1.807) is 6.07 Å². The molecule has 0 radical (unpaired) electrons. The minimum absolute atomic E-state index is 0.0666. The van der Waals surface area contributed by atoms with Crippen LogP contribution >= 0.6 is 0 Å². The summed E-state index contributed by atoms with van der Waals surface area (Å²) in [5.74, 6) is 0.688. The lowest BCUT2D eigenvalue weighted by Crippen LogP contribution is -2.46. The largest absolute Gasteiger partial charge is 0.379 e. The van der Waals surface area contributed by atoms with Gasteiger partial charge in [0, 0.05) is 24.4 Å². The Morgan fingerprint density at radius 3 is 2.95 bits per heavy atom. The van der Waals surface area contributed by atoms with Gasteiger partial charge in [-0.25, -0.2) is 4.98 Å². The summed E-state index contributed by atoms with van der Waals surface area (Å²) < 4.78 is 5.36. The maximum Gasteiger partial charge on any atom is 0.251 e. The second kappa shape index (κ2) is 6.22. The summed E-state index contributed by atoms with van der Waals surface area (Å²) >= 11 is 0. The Labute approximate surface area is 120 Å². The Morgan fingerprint density at radius 2 is 2.30 bits per heavy atom. The monoisotopic (exact) mass is 277 g/mol. The van der Waals surface area contributed by atoms with Crippen molar-refractivity contribution in [1.29, 1.82) is 0 Å². The highest BCUT2D eigenvalue weighted by molar-refractivity contribution is 5.95. The zero-order valence-corrected chi connectivity index (χ0v) is 12.5. The Balaban J connectivity index is 2.10. The van der Waals surface area contributed by atoms with E-state index in [4.69, 9.17) is 4.74 Å². The van der Waals surface area contributed by atoms with Crippen LogP contribution in [0.5, 0.6) is 0 Å². The standard InChI is InChI=1S/C15H23N3O2/c1-4-6-16-13-9-12(8-11(2)17-13)14(19)18-15(3)5-7-20-10-15/h8-9H,4-7,10H2,1-3H3,(H,16,17)(H,18,19). The summed E-state index contributed by atoms with van der Waals surface area (Å²) in [5.41, 5.74) is 1.22. The van der Waals surface area contributed by atoms with Gasteiger partial charge in [0.25, 0.3) is 5.91 Å². The first-order valence-electron chi connectivity index (χ1n) is 7.15. The number of anilines is 1. The molecule has 1 unspecified atom stereocenters. The van der Waals surface area contributed by atoms with Gasteiger partial charge < -0.3 is 15.4 Å². The van der Waals surface area contributed by atoms with E-state index in [2.05, 4.69) is 22.5 Å². The molecule has 5 nitrogen and oxygen atoms in total. The van der Waals surface area contributed by atoms with Gasteiger partial charge in [0.15, 0.2) is 0 Å². The fourth-order valence-electron chi connectivity index (χ4n) is 2.26. The van der Waals surface area contributed by atoms with Gasteiger partial charge >= 0.3 is 0 Å². The minimum Gasteiger partial charge on any atom is -0.379 e. The number of nitrogens with zero attached hydrogens (tertiary/aromatic N) is 1. The number of aryl methyl sites for hydroxylation is 1. The van der Waals surface area contributed by atoms with Crippen LogP contribution in [0.25, 0.3) is 0 Å². The molecule has 2 heterocycles. The van der Waals surface area contributed by atoms with E-state index in [0.717, 1.165) is 30.9 Å². The average molecular weight is 277 g/mol. The molecule has 1 atom stereocenters. The number of amides is 1. The molecule has 5 heteroatoms. The van der Waals surface area contributed by atoms with Crippen molar-refractivity contribution in [3.8, 4) is 0 Å². The van der Waals surface area contributed by atoms with Crippen molar-refractivity contribution in [2.75, 3.05) is 25.1 Å². The smallest absolute Gasteiger partial charge is 0.251 e. The van der Waals surface area contributed by atoms with Gasteiger partial charge in [0.05, 0.1) is 12.1 Å². The van der Waals surface area contributed by atoms with Crippen LogP contribution in [0.15, 0.2) is 12.1 Å². The zero-order valence-electron chi connectivity index (χ0n) is 12.5. The number of hydrogen-bond acceptors (Lipinski definition) is 4. The van der Waals surface area contributed by atoms with Crippen molar-refractivity contribution in [1.82, 2.24) is 10.3 Å². The van der Waals surface area contributed by atoms with E-state index >= 15 is 0 Å². The van der Waals surface area contributed by atoms with E-state index < -0.39 is 0 Å². The van der Waals surface area contributed by atoms with E-state index in [9.17, 15) is 4.79 Å². The van der Waals surface area contributed by atoms with Crippen LogP contribution < -0.4 is 10.6 Å². The maximum atomic E-state index is 12.4. The summed E-state index contributed by atoms with van der Waals surface area (Å²) in [5, 5.41) is 6.28. The normalized spacial score (nSPS) is 21.8. The summed E-state index contributed by atoms with van der Waals surface area (Å²) in [6, 6.07) is 3.61. The zero-order chi connectivity index (χ0) is 14.6. The molecule has 1 fully saturated rings. The molecule has 0 aromatic carbocycles. The number of rotatable bonds is 5. The first-order chi connectivity index (χ1) is 9.52. The first-order valence-corrected chi connectivity index (χ1v) is 7.15. The SMILES string of the molecule is CCCNc1cc(C(=O)NC2(C)CCOC2)cc(C)n1. The van der Waals surface area contributed by atoms with Crippen LogP contribution in [-0.2, 0) is 4.74 Å². The Kier molecular flexibility index (Phi) is 4.60. The summed E-state index contributed by atoms with van der Waals surface area (Å²) in [6.07, 6.45) is 1.87. The third-order valence-corrected chi connectivity index (χ3v) is 3.41. The molecular weight excluding hydrogens is 254 g/mol. The van der Waals surface area contributed by atoms with Gasteiger partial charge in [-0.3, -0.25) is 4.79 Å². The highest BCUT2D eigenvalue weighted by Crippen LogP contribution is 2.19. The molecule has 2 rings (SSSR count). The molecule has 0 aliphatic carbocycles. The predicted octanol–water partition coefficient (Wildman–Crippen LogP) is 2.12. The Bertz CT molecular complexity index is 482. The lowest BCUT2D eigenvalue weighted by atomic mass is 10.0. The number of carbonyl (C=O) groups is 1. The molecule has 0 spiro atoms. The quantitative estimate of drug-likeness (QED) is 0.865. The van der Waals surface area contributed by atoms with Crippen LogP contribution in [0, 0.1) is 6.92 Å². The summed E-state index contributed by atoms with van der Waals surface area (Å²) in [7, 11) is 0. The number of hydrogen-bond donors (Lipinski definition) is 2. The second-order valence-electron chi connectivity index (χ2n) is 5.63. The van der Waals surface area contributed by atoms with E-state index in [-0.39, 0.29) is 11.4 Å². The third-order valence-electron chi connectivity index (χ3n) is 3.41. The number of ether oxygens (including phenoxy) is 1. The molecular formula is C15H23N3O2. The number of nitrogens with one attached hydrogen (secondary N) is 2. The van der Waals surface area contributed by atoms with E-state index in [0.29, 0.717) is 18.8 Å². The second-order valence-corrected chi connectivity index (χ2v) is 5.63. The predicted molar refractivity (Wildman–Crippen MR) is 79.1 cm³/mol. The Hall–Kier alpha value is -1.62. The topological polar surface area (TPSA) is 63.2 Å². The van der Waals surface area contributed by atoms with Crippen LogP contribution in [0.4, 0.5) is 5.82 Å². The van der Waals surface area contributed by atoms with Crippen LogP contribution in [0.2, 0.25) is 0 Å². The van der Waals surface area contributed by atoms with Crippen molar-refractivity contribution >= 4 is 11.7 Å². The van der Waals surface area contributed by atoms with Crippen molar-refractivity contribution in [2.45, 2.75) is 39.2 Å². The molecule has 2 N–H and O–H groups in total. The maximum absolute atomic E-state index is 12.4. The van der Waals surface area contributed by atoms with Gasteiger partial charge in [0.1, 0.15) is 5.82 Å². The molecule has 0 saturated carbocycles. The molecule has 1 aromatic rings. The van der Waals surface area contributed by atoms with Gasteiger partial charge in [-0.15, -0.1) is 0 Å². The highest BCUT2D eigenvalue weighted by Gasteiger charge is 2.31. The Morgan fingerprint density at radius 1 is 1.50 bits per heavy atom. The fourth-order valence-corrected chi connectivity index (χ4v) is 2.26. The number of aromatic nitrogens is 1. The lowest BCUT2D eigenvalue weighted by molar-refractivity contribution is 0.0889. The van der Waals surface area contributed by atoms with Gasteiger partial charge in [-0.2, -0.15) is 0 Å². The molecule has 1 saturated heterocycles. The summed E-state index contributed by atoms with van der Waals surface area (Å²) in [4.78, 5) is 16.7. The van der Waals surface area contributed by atoms with Crippen molar-refractivity contribution < 1.29 is 9.53 Å². The first kappa shape index (κ1) is 14.8. The number of pyridine rings is 1.